The van der Waals surface area contributed by atoms with Crippen LogP contribution in [0, 0.1) is 17.1 Å². The average Bonchev–Trinajstić information content (AvgIpc) is 3.20. The van der Waals surface area contributed by atoms with E-state index in [-0.39, 0.29) is 23.2 Å². The lowest BCUT2D eigenvalue weighted by Crippen LogP contribution is -2.21. The molecule has 1 aromatic heterocycles. The summed E-state index contributed by atoms with van der Waals surface area (Å²) in [5.41, 5.74) is 8.74. The Balaban J connectivity index is 1.97. The Hall–Kier alpha value is -4.19. The summed E-state index contributed by atoms with van der Waals surface area (Å²) in [4.78, 5) is 0. The number of hydrogen-bond donors (Lipinski definition) is 2. The van der Waals surface area contributed by atoms with Crippen molar-refractivity contribution in [1.82, 2.24) is 10.2 Å². The molecule has 0 fully saturated rings. The quantitative estimate of drug-likeness (QED) is 0.647. The second kappa shape index (κ2) is 7.91. The van der Waals surface area contributed by atoms with Gasteiger partial charge in [0.05, 0.1) is 38.5 Å². The summed E-state index contributed by atoms with van der Waals surface area (Å²) in [5.74, 6) is 0.445. The Kier molecular flexibility index (Phi) is 5.13. The lowest BCUT2D eigenvalue weighted by Gasteiger charge is -2.25. The minimum absolute atomic E-state index is 0.0501. The highest BCUT2D eigenvalue weighted by Crippen LogP contribution is 2.49. The van der Waals surface area contributed by atoms with Crippen LogP contribution in [0.1, 0.15) is 17.0 Å². The van der Waals surface area contributed by atoms with Gasteiger partial charge in [-0.15, -0.1) is 5.10 Å². The van der Waals surface area contributed by atoms with Crippen LogP contribution in [0.25, 0.3) is 11.3 Å². The van der Waals surface area contributed by atoms with Gasteiger partial charge in [-0.1, -0.05) is 0 Å². The van der Waals surface area contributed by atoms with Gasteiger partial charge in [0.2, 0.25) is 17.5 Å². The first-order valence-electron chi connectivity index (χ1n) is 9.24. The Labute approximate surface area is 177 Å². The third-order valence-corrected chi connectivity index (χ3v) is 5.09. The molecule has 9 heteroatoms. The first-order valence-corrected chi connectivity index (χ1v) is 9.24. The van der Waals surface area contributed by atoms with E-state index in [0.29, 0.717) is 39.6 Å². The lowest BCUT2D eigenvalue weighted by molar-refractivity contribution is 0.323. The molecule has 31 heavy (non-hydrogen) atoms. The number of benzene rings is 2. The standard InChI is InChI=1S/C22H19FN4O4/c1-28-15-8-12(9-16(29-2)20(15)30-3)17-14(10-24)21(25)31-22-18(17)19(26-27-22)11-4-6-13(23)7-5-11/h4-9,17H,25H2,1-3H3,(H,26,27)/t17-/m1/s1. The SMILES string of the molecule is COc1cc([C@@H]2C(C#N)=C(N)Oc3n[nH]c(-c4ccc(F)cc4)c32)cc(OC)c1OC. The van der Waals surface area contributed by atoms with Crippen LogP contribution in [0.2, 0.25) is 0 Å². The van der Waals surface area contributed by atoms with Crippen LogP contribution in [0.15, 0.2) is 47.9 Å². The monoisotopic (exact) mass is 422 g/mol. The fraction of sp³-hybridized carbons (Fsp3) is 0.182. The number of aromatic nitrogens is 2. The van der Waals surface area contributed by atoms with Crippen molar-refractivity contribution in [1.29, 1.82) is 5.26 Å². The van der Waals surface area contributed by atoms with E-state index < -0.39 is 5.92 Å². The molecule has 1 aliphatic rings. The molecular weight excluding hydrogens is 403 g/mol. The molecule has 0 saturated heterocycles. The van der Waals surface area contributed by atoms with Crippen molar-refractivity contribution in [3.8, 4) is 40.5 Å². The molecule has 0 bridgehead atoms. The summed E-state index contributed by atoms with van der Waals surface area (Å²) in [5, 5.41) is 17.0. The van der Waals surface area contributed by atoms with E-state index in [9.17, 15) is 9.65 Å². The molecular formula is C22H19FN4O4. The molecule has 0 aliphatic carbocycles. The van der Waals surface area contributed by atoms with Crippen LogP contribution in [-0.4, -0.2) is 31.5 Å². The number of aromatic amines is 1. The van der Waals surface area contributed by atoms with E-state index in [1.54, 1.807) is 24.3 Å². The van der Waals surface area contributed by atoms with E-state index in [4.69, 9.17) is 24.7 Å². The molecule has 0 spiro atoms. The van der Waals surface area contributed by atoms with Crippen LogP contribution < -0.4 is 24.7 Å². The van der Waals surface area contributed by atoms with Crippen molar-refractivity contribution in [3.05, 3.63) is 64.8 Å². The minimum atomic E-state index is -0.638. The molecule has 3 N–H and O–H groups in total. The Morgan fingerprint density at radius 1 is 1.10 bits per heavy atom. The Morgan fingerprint density at radius 2 is 1.74 bits per heavy atom. The number of methoxy groups -OCH3 is 3. The lowest BCUT2D eigenvalue weighted by atomic mass is 9.82. The van der Waals surface area contributed by atoms with Crippen molar-refractivity contribution in [2.75, 3.05) is 21.3 Å². The highest BCUT2D eigenvalue weighted by atomic mass is 19.1. The van der Waals surface area contributed by atoms with Gasteiger partial charge in [-0.25, -0.2) is 4.39 Å². The predicted octanol–water partition coefficient (Wildman–Crippen LogP) is 3.46. The number of rotatable bonds is 5. The van der Waals surface area contributed by atoms with Crippen LogP contribution in [0.4, 0.5) is 4.39 Å². The van der Waals surface area contributed by atoms with Crippen molar-refractivity contribution >= 4 is 0 Å². The number of nitrogens with two attached hydrogens (primary N) is 1. The normalized spacial score (nSPS) is 15.0. The molecule has 0 unspecified atom stereocenters. The first kappa shape index (κ1) is 20.1. The summed E-state index contributed by atoms with van der Waals surface area (Å²) in [6.45, 7) is 0. The molecule has 1 aliphatic heterocycles. The molecule has 2 heterocycles. The summed E-state index contributed by atoms with van der Waals surface area (Å²) >= 11 is 0. The molecule has 4 rings (SSSR count). The van der Waals surface area contributed by atoms with Crippen molar-refractivity contribution < 1.29 is 23.3 Å². The number of halogens is 1. The summed E-state index contributed by atoms with van der Waals surface area (Å²) in [6.07, 6.45) is 0. The smallest absolute Gasteiger partial charge is 0.244 e. The Morgan fingerprint density at radius 3 is 2.29 bits per heavy atom. The van der Waals surface area contributed by atoms with Gasteiger partial charge in [0.1, 0.15) is 17.5 Å². The largest absolute Gasteiger partial charge is 0.493 e. The molecule has 8 nitrogen and oxygen atoms in total. The van der Waals surface area contributed by atoms with Gasteiger partial charge in [0.25, 0.3) is 0 Å². The average molecular weight is 422 g/mol. The fourth-order valence-electron chi connectivity index (χ4n) is 3.68. The van der Waals surface area contributed by atoms with Gasteiger partial charge in [-0.2, -0.15) is 5.26 Å². The maximum absolute atomic E-state index is 13.5. The number of nitriles is 1. The number of fused-ring (bicyclic) bond motifs is 1. The molecule has 2 aromatic carbocycles. The summed E-state index contributed by atoms with van der Waals surface area (Å²) in [7, 11) is 4.52. The number of allylic oxidation sites excluding steroid dienone is 1. The van der Waals surface area contributed by atoms with Gasteiger partial charge in [-0.3, -0.25) is 5.10 Å². The number of ether oxygens (including phenoxy) is 4. The van der Waals surface area contributed by atoms with Crippen LogP contribution in [0.5, 0.6) is 23.1 Å². The van der Waals surface area contributed by atoms with Gasteiger partial charge in [0.15, 0.2) is 11.5 Å². The van der Waals surface area contributed by atoms with Crippen molar-refractivity contribution in [2.45, 2.75) is 5.92 Å². The minimum Gasteiger partial charge on any atom is -0.493 e. The van der Waals surface area contributed by atoms with Crippen molar-refractivity contribution in [2.24, 2.45) is 5.73 Å². The fourth-order valence-corrected chi connectivity index (χ4v) is 3.68. The molecule has 158 valence electrons. The van der Waals surface area contributed by atoms with Crippen LogP contribution >= 0.6 is 0 Å². The molecule has 3 aromatic rings. The second-order valence-corrected chi connectivity index (χ2v) is 6.71. The maximum Gasteiger partial charge on any atom is 0.244 e. The van der Waals surface area contributed by atoms with E-state index in [1.807, 2.05) is 0 Å². The maximum atomic E-state index is 13.5. The van der Waals surface area contributed by atoms with Crippen LogP contribution in [0.3, 0.4) is 0 Å². The molecule has 1 atom stereocenters. The predicted molar refractivity (Wildman–Crippen MR) is 109 cm³/mol. The van der Waals surface area contributed by atoms with Crippen molar-refractivity contribution in [3.63, 3.8) is 0 Å². The summed E-state index contributed by atoms with van der Waals surface area (Å²) < 4.78 is 35.4. The van der Waals surface area contributed by atoms with Gasteiger partial charge >= 0.3 is 0 Å². The molecule has 0 saturated carbocycles. The topological polar surface area (TPSA) is 115 Å². The van der Waals surface area contributed by atoms with E-state index in [2.05, 4.69) is 16.3 Å². The number of nitrogens with zero attached hydrogens (tertiary/aromatic N) is 2. The van der Waals surface area contributed by atoms with E-state index in [1.165, 1.54) is 33.5 Å². The van der Waals surface area contributed by atoms with Gasteiger partial charge < -0.3 is 24.7 Å². The van der Waals surface area contributed by atoms with Gasteiger partial charge in [0, 0.05) is 5.56 Å². The number of hydrogen-bond acceptors (Lipinski definition) is 7. The van der Waals surface area contributed by atoms with E-state index >= 15 is 0 Å². The molecule has 0 radical (unpaired) electrons. The number of H-pyrrole nitrogens is 1. The summed E-state index contributed by atoms with van der Waals surface area (Å²) in [6, 6.07) is 11.5. The zero-order chi connectivity index (χ0) is 22.1. The third-order valence-electron chi connectivity index (χ3n) is 5.09. The number of nitrogens with one attached hydrogen (secondary N) is 1. The van der Waals surface area contributed by atoms with Crippen LogP contribution in [-0.2, 0) is 0 Å². The highest BCUT2D eigenvalue weighted by Gasteiger charge is 2.36. The first-order chi connectivity index (χ1) is 15.0. The second-order valence-electron chi connectivity index (χ2n) is 6.71. The highest BCUT2D eigenvalue weighted by molar-refractivity contribution is 5.71. The zero-order valence-corrected chi connectivity index (χ0v) is 17.0. The third kappa shape index (κ3) is 3.28. The zero-order valence-electron chi connectivity index (χ0n) is 17.0. The Bertz CT molecular complexity index is 1190. The van der Waals surface area contributed by atoms with E-state index in [0.717, 1.165) is 0 Å². The van der Waals surface area contributed by atoms with Gasteiger partial charge in [-0.05, 0) is 42.0 Å². The molecule has 0 amide bonds.